The van der Waals surface area contributed by atoms with Crippen LogP contribution in [-0.2, 0) is 10.0 Å². The van der Waals surface area contributed by atoms with E-state index in [2.05, 4.69) is 5.32 Å². The molecule has 3 atom stereocenters. The average Bonchev–Trinajstić information content (AvgIpc) is 3.36. The number of alkyl halides is 3. The first-order valence-electron chi connectivity index (χ1n) is 11.2. The highest BCUT2D eigenvalue weighted by Gasteiger charge is 2.52. The number of ether oxygens (including phenoxy) is 1. The van der Waals surface area contributed by atoms with E-state index < -0.39 is 45.0 Å². The van der Waals surface area contributed by atoms with E-state index in [1.54, 1.807) is 30.3 Å². The summed E-state index contributed by atoms with van der Waals surface area (Å²) in [6.45, 7) is 0.755. The van der Waals surface area contributed by atoms with Crippen molar-refractivity contribution in [3.8, 4) is 5.75 Å². The molecule has 3 unspecified atom stereocenters. The van der Waals surface area contributed by atoms with Gasteiger partial charge in [0.2, 0.25) is 10.0 Å². The van der Waals surface area contributed by atoms with Crippen molar-refractivity contribution < 1.29 is 31.1 Å². The summed E-state index contributed by atoms with van der Waals surface area (Å²) in [7, 11) is -4.28. The molecule has 1 aliphatic carbocycles. The zero-order valence-corrected chi connectivity index (χ0v) is 20.7. The van der Waals surface area contributed by atoms with Gasteiger partial charge in [0.25, 0.3) is 0 Å². The SMILES string of the molecule is NS(=O)(=O)C1(C2CCNCC2Oc2ccc(C(=O)C=Cc3cccs3)cc2)C=CC(C(F)(F)F)=CC1. The Hall–Kier alpha value is -2.73. The van der Waals surface area contributed by atoms with Gasteiger partial charge in [-0.3, -0.25) is 4.79 Å². The Kier molecular flexibility index (Phi) is 7.56. The zero-order valence-electron chi connectivity index (χ0n) is 19.1. The number of sulfonamides is 1. The number of hydrogen-bond acceptors (Lipinski definition) is 6. The molecule has 1 aliphatic heterocycles. The smallest absolute Gasteiger partial charge is 0.416 e. The number of halogens is 3. The lowest BCUT2D eigenvalue weighted by Crippen LogP contribution is -2.58. The maximum Gasteiger partial charge on any atom is 0.416 e. The molecule has 2 aliphatic rings. The summed E-state index contributed by atoms with van der Waals surface area (Å²) in [6, 6.07) is 10.2. The van der Waals surface area contributed by atoms with Crippen molar-refractivity contribution in [2.75, 3.05) is 13.1 Å². The summed E-state index contributed by atoms with van der Waals surface area (Å²) in [5.41, 5.74) is -0.448. The third kappa shape index (κ3) is 5.64. The quantitative estimate of drug-likeness (QED) is 0.400. The molecule has 1 saturated heterocycles. The Morgan fingerprint density at radius 2 is 1.97 bits per heavy atom. The summed E-state index contributed by atoms with van der Waals surface area (Å²) >= 11 is 1.52. The van der Waals surface area contributed by atoms with E-state index in [4.69, 9.17) is 9.88 Å². The van der Waals surface area contributed by atoms with Crippen LogP contribution in [-0.4, -0.2) is 44.3 Å². The van der Waals surface area contributed by atoms with Crippen LogP contribution >= 0.6 is 11.3 Å². The monoisotopic (exact) mass is 538 g/mol. The Morgan fingerprint density at radius 3 is 2.56 bits per heavy atom. The van der Waals surface area contributed by atoms with Gasteiger partial charge in [0.1, 0.15) is 16.6 Å². The maximum absolute atomic E-state index is 13.1. The van der Waals surface area contributed by atoms with Crippen molar-refractivity contribution >= 4 is 33.2 Å². The Labute approximate surface area is 211 Å². The molecule has 11 heteroatoms. The van der Waals surface area contributed by atoms with Crippen LogP contribution in [0.15, 0.2) is 71.7 Å². The molecule has 1 aromatic carbocycles. The van der Waals surface area contributed by atoms with Gasteiger partial charge in [-0.25, -0.2) is 13.6 Å². The molecule has 1 aromatic heterocycles. The number of piperidine rings is 1. The van der Waals surface area contributed by atoms with Crippen LogP contribution in [0.5, 0.6) is 5.75 Å². The number of thiophene rings is 1. The second kappa shape index (κ2) is 10.3. The van der Waals surface area contributed by atoms with Crippen molar-refractivity contribution in [1.82, 2.24) is 5.32 Å². The first-order valence-corrected chi connectivity index (χ1v) is 13.6. The van der Waals surface area contributed by atoms with Gasteiger partial charge in [0, 0.05) is 22.9 Å². The van der Waals surface area contributed by atoms with E-state index in [1.807, 2.05) is 17.5 Å². The summed E-state index contributed by atoms with van der Waals surface area (Å²) < 4.78 is 69.3. The third-order valence-corrected chi connectivity index (χ3v) is 8.97. The molecule has 2 aromatic rings. The Morgan fingerprint density at radius 1 is 1.22 bits per heavy atom. The standard InChI is InChI=1S/C25H25F3N2O4S2/c26-25(27,28)18-9-12-24(13-10-18,36(29,32)33)21-11-14-30-16-23(21)34-19-5-3-17(4-6-19)22(31)8-7-20-2-1-15-35-20/h1-10,12,15,21,23,30H,11,13-14,16H2,(H2,29,32,33). The predicted octanol–water partition coefficient (Wildman–Crippen LogP) is 4.48. The van der Waals surface area contributed by atoms with Crippen LogP contribution in [0.1, 0.15) is 28.1 Å². The van der Waals surface area contributed by atoms with Gasteiger partial charge < -0.3 is 10.1 Å². The van der Waals surface area contributed by atoms with Crippen LogP contribution in [0.4, 0.5) is 13.2 Å². The van der Waals surface area contributed by atoms with Crippen LogP contribution in [0.2, 0.25) is 0 Å². The van der Waals surface area contributed by atoms with Crippen molar-refractivity contribution in [2.45, 2.75) is 29.9 Å². The molecule has 1 fully saturated rings. The molecular weight excluding hydrogens is 513 g/mol. The molecule has 2 heterocycles. The second-order valence-corrected chi connectivity index (χ2v) is 11.5. The normalized spacial score (nSPS) is 25.1. The van der Waals surface area contributed by atoms with Crippen molar-refractivity contribution in [2.24, 2.45) is 11.1 Å². The number of primary sulfonamides is 1. The van der Waals surface area contributed by atoms with Crippen molar-refractivity contribution in [3.05, 3.63) is 82.1 Å². The molecule has 3 N–H and O–H groups in total. The molecule has 0 radical (unpaired) electrons. The van der Waals surface area contributed by atoms with E-state index in [0.29, 0.717) is 24.3 Å². The summed E-state index contributed by atoms with van der Waals surface area (Å²) in [6.07, 6.45) is 0.641. The van der Waals surface area contributed by atoms with Crippen LogP contribution < -0.4 is 15.2 Å². The van der Waals surface area contributed by atoms with Gasteiger partial charge >= 0.3 is 6.18 Å². The molecular formula is C25H25F3N2O4S2. The van der Waals surface area contributed by atoms with E-state index in [9.17, 15) is 26.4 Å². The number of carbonyl (C=O) groups is 1. The largest absolute Gasteiger partial charge is 0.489 e. The zero-order chi connectivity index (χ0) is 26.0. The third-order valence-electron chi connectivity index (χ3n) is 6.47. The van der Waals surface area contributed by atoms with Crippen LogP contribution in [0.25, 0.3) is 6.08 Å². The predicted molar refractivity (Wildman–Crippen MR) is 133 cm³/mol. The van der Waals surface area contributed by atoms with Crippen molar-refractivity contribution in [1.29, 1.82) is 0 Å². The molecule has 0 amide bonds. The topological polar surface area (TPSA) is 98.5 Å². The Balaban J connectivity index is 1.53. The fraction of sp³-hybridized carbons (Fsp3) is 0.320. The van der Waals surface area contributed by atoms with Gasteiger partial charge in [-0.2, -0.15) is 13.2 Å². The van der Waals surface area contributed by atoms with Gasteiger partial charge in [0.05, 0.1) is 5.57 Å². The lowest BCUT2D eigenvalue weighted by molar-refractivity contribution is -0.0888. The number of nitrogens with two attached hydrogens (primary N) is 1. The molecule has 192 valence electrons. The van der Waals surface area contributed by atoms with Crippen LogP contribution in [0, 0.1) is 5.92 Å². The molecule has 0 bridgehead atoms. The van der Waals surface area contributed by atoms with E-state index in [-0.39, 0.29) is 12.3 Å². The lowest BCUT2D eigenvalue weighted by Gasteiger charge is -2.44. The van der Waals surface area contributed by atoms with Gasteiger partial charge in [-0.15, -0.1) is 11.3 Å². The lowest BCUT2D eigenvalue weighted by atomic mass is 9.77. The van der Waals surface area contributed by atoms with E-state index in [0.717, 1.165) is 23.1 Å². The molecule has 6 nitrogen and oxygen atoms in total. The minimum atomic E-state index is -4.58. The van der Waals surface area contributed by atoms with Crippen molar-refractivity contribution in [3.63, 3.8) is 0 Å². The first kappa shape index (κ1) is 26.3. The summed E-state index contributed by atoms with van der Waals surface area (Å²) in [5, 5.41) is 10.7. The Bertz CT molecular complexity index is 1280. The number of nitrogens with one attached hydrogen (secondary N) is 1. The molecule has 4 rings (SSSR count). The average molecular weight is 539 g/mol. The number of benzene rings is 1. The van der Waals surface area contributed by atoms with Crippen LogP contribution in [0.3, 0.4) is 0 Å². The summed E-state index contributed by atoms with van der Waals surface area (Å²) in [4.78, 5) is 13.4. The number of hydrogen-bond donors (Lipinski definition) is 2. The van der Waals surface area contributed by atoms with Gasteiger partial charge in [-0.05, 0) is 67.3 Å². The van der Waals surface area contributed by atoms with E-state index >= 15 is 0 Å². The maximum atomic E-state index is 13.1. The summed E-state index contributed by atoms with van der Waals surface area (Å²) in [5.74, 6) is -0.464. The van der Waals surface area contributed by atoms with E-state index in [1.165, 1.54) is 17.4 Å². The molecule has 0 saturated carbocycles. The fourth-order valence-corrected chi connectivity index (χ4v) is 6.45. The fourth-order valence-electron chi connectivity index (χ4n) is 4.57. The number of allylic oxidation sites excluding steroid dienone is 4. The highest BCUT2D eigenvalue weighted by molar-refractivity contribution is 7.90. The van der Waals surface area contributed by atoms with Gasteiger partial charge in [-0.1, -0.05) is 24.3 Å². The number of carbonyl (C=O) groups excluding carboxylic acids is 1. The second-order valence-electron chi connectivity index (χ2n) is 8.69. The highest BCUT2D eigenvalue weighted by Crippen LogP contribution is 2.43. The highest BCUT2D eigenvalue weighted by atomic mass is 32.2. The molecule has 36 heavy (non-hydrogen) atoms. The first-order chi connectivity index (χ1) is 17.0. The minimum absolute atomic E-state index is 0.181. The minimum Gasteiger partial charge on any atom is -0.489 e. The molecule has 0 spiro atoms. The number of rotatable bonds is 7. The van der Waals surface area contributed by atoms with Gasteiger partial charge in [0.15, 0.2) is 5.78 Å². The number of ketones is 1.